The molecule has 1 amide bonds. The lowest BCUT2D eigenvalue weighted by Gasteiger charge is -2.15. The molecule has 1 aromatic carbocycles. The normalized spacial score (nSPS) is 11.8. The minimum Gasteiger partial charge on any atom is -0.339 e. The summed E-state index contributed by atoms with van der Waals surface area (Å²) >= 11 is 1.39. The third-order valence-electron chi connectivity index (χ3n) is 4.08. The van der Waals surface area contributed by atoms with E-state index < -0.39 is 35.1 Å². The molecule has 0 saturated carbocycles. The molecule has 3 aromatic rings. The number of rotatable bonds is 6. The number of amides is 1. The molecule has 32 heavy (non-hydrogen) atoms. The SMILES string of the molecule is C=C(Nc1ccc(CC(=O)Nc2cc(C(F)(F)F)cc(C(F)(F)F)c2)cn1)c1cscn1. The van der Waals surface area contributed by atoms with Crippen molar-refractivity contribution < 1.29 is 31.1 Å². The van der Waals surface area contributed by atoms with Crippen molar-refractivity contribution in [1.29, 1.82) is 0 Å². The van der Waals surface area contributed by atoms with Crippen LogP contribution in [0.25, 0.3) is 5.70 Å². The molecule has 3 rings (SSSR count). The smallest absolute Gasteiger partial charge is 0.339 e. The van der Waals surface area contributed by atoms with E-state index in [1.807, 2.05) is 0 Å². The molecule has 0 aliphatic heterocycles. The van der Waals surface area contributed by atoms with Gasteiger partial charge in [0.05, 0.1) is 34.4 Å². The lowest BCUT2D eigenvalue weighted by molar-refractivity contribution is -0.143. The molecule has 0 saturated heterocycles. The third-order valence-corrected chi connectivity index (χ3v) is 4.67. The van der Waals surface area contributed by atoms with Gasteiger partial charge in [0.2, 0.25) is 5.91 Å². The number of carbonyl (C=O) groups is 1. The fourth-order valence-electron chi connectivity index (χ4n) is 2.60. The molecule has 0 bridgehead atoms. The number of thiazole rings is 1. The highest BCUT2D eigenvalue weighted by Crippen LogP contribution is 2.37. The highest BCUT2D eigenvalue weighted by atomic mass is 32.1. The number of nitrogens with zero attached hydrogens (tertiary/aromatic N) is 2. The summed E-state index contributed by atoms with van der Waals surface area (Å²) in [5, 5.41) is 6.79. The van der Waals surface area contributed by atoms with Crippen LogP contribution in [0.5, 0.6) is 0 Å². The fourth-order valence-corrected chi connectivity index (χ4v) is 3.17. The number of aromatic nitrogens is 2. The molecular formula is C20H14F6N4OS. The third kappa shape index (κ3) is 6.06. The van der Waals surface area contributed by atoms with Crippen molar-refractivity contribution in [2.24, 2.45) is 0 Å². The Hall–Kier alpha value is -3.41. The van der Waals surface area contributed by atoms with E-state index in [9.17, 15) is 31.1 Å². The molecule has 168 valence electrons. The second-order valence-corrected chi connectivity index (χ2v) is 7.27. The summed E-state index contributed by atoms with van der Waals surface area (Å²) < 4.78 is 77.6. The lowest BCUT2D eigenvalue weighted by atomic mass is 10.1. The zero-order chi connectivity index (χ0) is 23.5. The summed E-state index contributed by atoms with van der Waals surface area (Å²) in [5.74, 6) is -0.383. The van der Waals surface area contributed by atoms with Gasteiger partial charge in [0.15, 0.2) is 0 Å². The number of anilines is 2. The summed E-state index contributed by atoms with van der Waals surface area (Å²) in [5.41, 5.74) is -0.452. The van der Waals surface area contributed by atoms with Gasteiger partial charge in [-0.2, -0.15) is 26.3 Å². The van der Waals surface area contributed by atoms with E-state index in [1.165, 1.54) is 23.6 Å². The van der Waals surface area contributed by atoms with Crippen molar-refractivity contribution in [1.82, 2.24) is 9.97 Å². The summed E-state index contributed by atoms with van der Waals surface area (Å²) in [6.45, 7) is 3.83. The second kappa shape index (κ2) is 8.99. The number of hydrogen-bond acceptors (Lipinski definition) is 5. The molecule has 2 heterocycles. The van der Waals surface area contributed by atoms with Gasteiger partial charge in [-0.3, -0.25) is 4.79 Å². The number of carbonyl (C=O) groups excluding carboxylic acids is 1. The Labute approximate surface area is 181 Å². The Morgan fingerprint density at radius 2 is 1.62 bits per heavy atom. The Kier molecular flexibility index (Phi) is 6.53. The number of alkyl halides is 6. The quantitative estimate of drug-likeness (QED) is 0.443. The van der Waals surface area contributed by atoms with Crippen LogP contribution in [0.3, 0.4) is 0 Å². The molecule has 0 aliphatic rings. The molecule has 0 fully saturated rings. The zero-order valence-electron chi connectivity index (χ0n) is 16.0. The maximum absolute atomic E-state index is 12.9. The van der Waals surface area contributed by atoms with Crippen LogP contribution < -0.4 is 10.6 Å². The minimum absolute atomic E-state index is 0.00914. The molecule has 5 nitrogen and oxygen atoms in total. The molecule has 0 atom stereocenters. The largest absolute Gasteiger partial charge is 0.416 e. The van der Waals surface area contributed by atoms with Gasteiger partial charge in [-0.15, -0.1) is 11.3 Å². The standard InChI is InChI=1S/C20H14F6N4OS/c1-11(16-9-32-10-28-16)29-17-3-2-12(8-27-17)4-18(31)30-15-6-13(19(21,22)23)5-14(7-15)20(24,25)26/h2-3,5-10H,1,4H2,(H,27,29)(H,30,31). The van der Waals surface area contributed by atoms with E-state index in [0.29, 0.717) is 34.9 Å². The molecule has 0 radical (unpaired) electrons. The van der Waals surface area contributed by atoms with Gasteiger partial charge in [-0.05, 0) is 29.8 Å². The predicted molar refractivity (Wildman–Crippen MR) is 108 cm³/mol. The van der Waals surface area contributed by atoms with Gasteiger partial charge in [-0.1, -0.05) is 12.6 Å². The summed E-state index contributed by atoms with van der Waals surface area (Å²) in [6, 6.07) is 3.97. The van der Waals surface area contributed by atoms with E-state index >= 15 is 0 Å². The van der Waals surface area contributed by atoms with Crippen LogP contribution in [-0.4, -0.2) is 15.9 Å². The van der Waals surface area contributed by atoms with Gasteiger partial charge >= 0.3 is 12.4 Å². The minimum atomic E-state index is -5.00. The van der Waals surface area contributed by atoms with Crippen molar-refractivity contribution in [2.45, 2.75) is 18.8 Å². The average Bonchev–Trinajstić information content (AvgIpc) is 3.23. The van der Waals surface area contributed by atoms with Gasteiger partial charge in [-0.25, -0.2) is 9.97 Å². The summed E-state index contributed by atoms with van der Waals surface area (Å²) in [4.78, 5) is 20.4. The first-order chi connectivity index (χ1) is 14.9. The first kappa shape index (κ1) is 23.3. The number of nitrogens with one attached hydrogen (secondary N) is 2. The average molecular weight is 472 g/mol. The van der Waals surface area contributed by atoms with Crippen molar-refractivity contribution in [3.63, 3.8) is 0 Å². The Morgan fingerprint density at radius 3 is 2.12 bits per heavy atom. The summed E-state index contributed by atoms with van der Waals surface area (Å²) in [7, 11) is 0. The maximum Gasteiger partial charge on any atom is 0.416 e. The molecular weight excluding hydrogens is 458 g/mol. The fraction of sp³-hybridized carbons (Fsp3) is 0.150. The van der Waals surface area contributed by atoms with Gasteiger partial charge in [0, 0.05) is 17.3 Å². The van der Waals surface area contributed by atoms with E-state index in [1.54, 1.807) is 17.0 Å². The van der Waals surface area contributed by atoms with Crippen molar-refractivity contribution in [2.75, 3.05) is 10.6 Å². The van der Waals surface area contributed by atoms with Crippen molar-refractivity contribution in [3.05, 3.63) is 76.4 Å². The number of benzene rings is 1. The Bertz CT molecular complexity index is 1080. The molecule has 12 heteroatoms. The van der Waals surface area contributed by atoms with Crippen LogP contribution in [0.2, 0.25) is 0 Å². The van der Waals surface area contributed by atoms with Gasteiger partial charge in [0.25, 0.3) is 0 Å². The molecule has 0 aliphatic carbocycles. The van der Waals surface area contributed by atoms with Gasteiger partial charge in [0.1, 0.15) is 5.82 Å². The highest BCUT2D eigenvalue weighted by Gasteiger charge is 2.37. The topological polar surface area (TPSA) is 66.9 Å². The monoisotopic (exact) mass is 472 g/mol. The predicted octanol–water partition coefficient (Wildman–Crippen LogP) is 5.84. The molecule has 2 aromatic heterocycles. The number of pyridine rings is 1. The summed E-state index contributed by atoms with van der Waals surface area (Å²) in [6.07, 6.45) is -8.96. The van der Waals surface area contributed by atoms with Crippen molar-refractivity contribution in [3.8, 4) is 0 Å². The highest BCUT2D eigenvalue weighted by molar-refractivity contribution is 7.07. The van der Waals surface area contributed by atoms with Crippen LogP contribution in [0.4, 0.5) is 37.8 Å². The van der Waals surface area contributed by atoms with Crippen LogP contribution in [-0.2, 0) is 23.6 Å². The van der Waals surface area contributed by atoms with Crippen LogP contribution in [0.1, 0.15) is 22.4 Å². The maximum atomic E-state index is 12.9. The molecule has 0 unspecified atom stereocenters. The van der Waals surface area contributed by atoms with Crippen LogP contribution >= 0.6 is 11.3 Å². The molecule has 2 N–H and O–H groups in total. The van der Waals surface area contributed by atoms with Crippen molar-refractivity contribution >= 4 is 34.4 Å². The second-order valence-electron chi connectivity index (χ2n) is 6.55. The first-order valence-corrected chi connectivity index (χ1v) is 9.75. The van der Waals surface area contributed by atoms with Gasteiger partial charge < -0.3 is 10.6 Å². The van der Waals surface area contributed by atoms with Crippen LogP contribution in [0, 0.1) is 0 Å². The lowest BCUT2D eigenvalue weighted by Crippen LogP contribution is -2.17. The molecule has 0 spiro atoms. The van der Waals surface area contributed by atoms with E-state index in [4.69, 9.17) is 0 Å². The number of hydrogen-bond donors (Lipinski definition) is 2. The first-order valence-electron chi connectivity index (χ1n) is 8.80. The van der Waals surface area contributed by atoms with E-state index in [0.717, 1.165) is 0 Å². The Balaban J connectivity index is 1.68. The van der Waals surface area contributed by atoms with E-state index in [-0.39, 0.29) is 12.5 Å². The zero-order valence-corrected chi connectivity index (χ0v) is 16.8. The Morgan fingerprint density at radius 1 is 0.969 bits per heavy atom. The van der Waals surface area contributed by atoms with Crippen LogP contribution in [0.15, 0.2) is 54.0 Å². The van der Waals surface area contributed by atoms with E-state index in [2.05, 4.69) is 27.2 Å². The number of halogens is 6.